The van der Waals surface area contributed by atoms with Crippen LogP contribution in [0.3, 0.4) is 0 Å². The minimum absolute atomic E-state index is 0.0368. The highest BCUT2D eigenvalue weighted by atomic mass is 127. The molecule has 13 heavy (non-hydrogen) atoms. The largest absolute Gasteiger partial charge is 0.396 e. The maximum atomic E-state index is 12.2. The number of nitriles is 1. The third-order valence-electron chi connectivity index (χ3n) is 1.38. The van der Waals surface area contributed by atoms with E-state index in [1.54, 1.807) is 28.7 Å². The number of nitrogens with zero attached hydrogens (tertiary/aromatic N) is 2. The van der Waals surface area contributed by atoms with Gasteiger partial charge in [-0.15, -0.1) is 0 Å². The van der Waals surface area contributed by atoms with Gasteiger partial charge in [-0.25, -0.2) is 13.8 Å². The molecule has 2 N–H and O–H groups in total. The second-order valence-corrected chi connectivity index (χ2v) is 3.23. The first-order chi connectivity index (χ1) is 6.06. The van der Waals surface area contributed by atoms with Gasteiger partial charge in [-0.3, -0.25) is 0 Å². The lowest BCUT2D eigenvalue weighted by atomic mass is 10.2. The number of rotatable bonds is 1. The molecule has 6 heteroatoms. The normalized spacial score (nSPS) is 10.1. The zero-order chi connectivity index (χ0) is 10.0. The first-order valence-corrected chi connectivity index (χ1v) is 4.28. The number of pyridine rings is 1. The average Bonchev–Trinajstić information content (AvgIpc) is 2.09. The van der Waals surface area contributed by atoms with Crippen molar-refractivity contribution in [3.8, 4) is 6.07 Å². The molecule has 0 spiro atoms. The number of hydrogen-bond acceptors (Lipinski definition) is 3. The van der Waals surface area contributed by atoms with Crippen LogP contribution in [0.2, 0.25) is 0 Å². The molecule has 0 bridgehead atoms. The van der Waals surface area contributed by atoms with Crippen LogP contribution < -0.4 is 5.73 Å². The van der Waals surface area contributed by atoms with E-state index >= 15 is 0 Å². The van der Waals surface area contributed by atoms with Gasteiger partial charge >= 0.3 is 0 Å². The SMILES string of the molecule is N#Cc1cc(C(F)F)nc(I)c1N. The van der Waals surface area contributed by atoms with Gasteiger partial charge in [0.2, 0.25) is 0 Å². The number of anilines is 1. The van der Waals surface area contributed by atoms with Crippen molar-refractivity contribution in [2.75, 3.05) is 5.73 Å². The molecule has 1 aromatic rings. The molecule has 0 fully saturated rings. The quantitative estimate of drug-likeness (QED) is 0.637. The van der Waals surface area contributed by atoms with Crippen LogP contribution in [0.5, 0.6) is 0 Å². The highest BCUT2D eigenvalue weighted by molar-refractivity contribution is 14.1. The second-order valence-electron chi connectivity index (χ2n) is 2.21. The fraction of sp³-hybridized carbons (Fsp3) is 0.143. The van der Waals surface area contributed by atoms with E-state index in [0.29, 0.717) is 0 Å². The van der Waals surface area contributed by atoms with E-state index in [9.17, 15) is 8.78 Å². The molecule has 0 amide bonds. The van der Waals surface area contributed by atoms with Gasteiger partial charge in [0.1, 0.15) is 15.5 Å². The van der Waals surface area contributed by atoms with Gasteiger partial charge in [-0.05, 0) is 28.7 Å². The van der Waals surface area contributed by atoms with Crippen molar-refractivity contribution in [3.63, 3.8) is 0 Å². The number of aromatic nitrogens is 1. The summed E-state index contributed by atoms with van der Waals surface area (Å²) in [6.07, 6.45) is -2.68. The van der Waals surface area contributed by atoms with Crippen LogP contribution in [0.4, 0.5) is 14.5 Å². The first-order valence-electron chi connectivity index (χ1n) is 3.20. The van der Waals surface area contributed by atoms with Gasteiger partial charge in [-0.1, -0.05) is 0 Å². The Hall–Kier alpha value is -0.970. The Kier molecular flexibility index (Phi) is 2.98. The van der Waals surface area contributed by atoms with Gasteiger partial charge in [0.25, 0.3) is 6.43 Å². The molecule has 0 saturated heterocycles. The van der Waals surface area contributed by atoms with E-state index in [1.807, 2.05) is 0 Å². The zero-order valence-electron chi connectivity index (χ0n) is 6.26. The van der Waals surface area contributed by atoms with E-state index < -0.39 is 12.1 Å². The van der Waals surface area contributed by atoms with Crippen LogP contribution in [0.25, 0.3) is 0 Å². The molecule has 3 nitrogen and oxygen atoms in total. The molecule has 1 rings (SSSR count). The van der Waals surface area contributed by atoms with E-state index in [0.717, 1.165) is 6.07 Å². The zero-order valence-corrected chi connectivity index (χ0v) is 8.42. The summed E-state index contributed by atoms with van der Waals surface area (Å²) in [4.78, 5) is 3.54. The number of hydrogen-bond donors (Lipinski definition) is 1. The third-order valence-corrected chi connectivity index (χ3v) is 2.20. The molecule has 0 atom stereocenters. The Morgan fingerprint density at radius 1 is 1.62 bits per heavy atom. The molecule has 0 saturated carbocycles. The first kappa shape index (κ1) is 10.1. The molecular weight excluding hydrogens is 291 g/mol. The predicted molar refractivity (Wildman–Crippen MR) is 51.0 cm³/mol. The molecule has 68 valence electrons. The van der Waals surface area contributed by atoms with Crippen LogP contribution in [-0.2, 0) is 0 Å². The van der Waals surface area contributed by atoms with E-state index in [4.69, 9.17) is 11.0 Å². The molecule has 0 aliphatic heterocycles. The summed E-state index contributed by atoms with van der Waals surface area (Å²) in [5.74, 6) is 0. The van der Waals surface area contributed by atoms with Gasteiger partial charge in [0, 0.05) is 0 Å². The number of nitrogens with two attached hydrogens (primary N) is 1. The smallest absolute Gasteiger partial charge is 0.280 e. The van der Waals surface area contributed by atoms with Crippen LogP contribution in [0, 0.1) is 15.0 Å². The summed E-state index contributed by atoms with van der Waals surface area (Å²) >= 11 is 1.71. The second kappa shape index (κ2) is 3.83. The molecule has 0 unspecified atom stereocenters. The Morgan fingerprint density at radius 3 is 2.69 bits per heavy atom. The molecular formula is C7H4F2IN3. The summed E-state index contributed by atoms with van der Waals surface area (Å²) < 4.78 is 24.6. The maximum Gasteiger partial charge on any atom is 0.280 e. The monoisotopic (exact) mass is 295 g/mol. The molecule has 0 aromatic carbocycles. The molecule has 0 aliphatic rings. The molecule has 1 aromatic heterocycles. The standard InChI is InChI=1S/C7H4F2IN3/c8-6(9)4-1-3(2-11)5(12)7(10)13-4/h1,6H,12H2. The van der Waals surface area contributed by atoms with Crippen LogP contribution in [0.15, 0.2) is 6.07 Å². The van der Waals surface area contributed by atoms with Crippen LogP contribution >= 0.6 is 22.6 Å². The van der Waals surface area contributed by atoms with Crippen LogP contribution in [0.1, 0.15) is 17.7 Å². The van der Waals surface area contributed by atoms with Gasteiger partial charge in [0.15, 0.2) is 0 Å². The van der Waals surface area contributed by atoms with Gasteiger partial charge in [-0.2, -0.15) is 5.26 Å². The lowest BCUT2D eigenvalue weighted by molar-refractivity contribution is 0.146. The summed E-state index contributed by atoms with van der Waals surface area (Å²) in [7, 11) is 0. The number of nitrogen functional groups attached to an aromatic ring is 1. The topological polar surface area (TPSA) is 62.7 Å². The van der Waals surface area contributed by atoms with E-state index in [2.05, 4.69) is 4.98 Å². The van der Waals surface area contributed by atoms with Gasteiger partial charge in [0.05, 0.1) is 11.3 Å². The Bertz CT molecular complexity index is 373. The highest BCUT2D eigenvalue weighted by Gasteiger charge is 2.14. The highest BCUT2D eigenvalue weighted by Crippen LogP contribution is 2.23. The molecule has 0 aliphatic carbocycles. The maximum absolute atomic E-state index is 12.2. The van der Waals surface area contributed by atoms with Gasteiger partial charge < -0.3 is 5.73 Å². The van der Waals surface area contributed by atoms with Crippen LogP contribution in [-0.4, -0.2) is 4.98 Å². The minimum Gasteiger partial charge on any atom is -0.396 e. The lowest BCUT2D eigenvalue weighted by Crippen LogP contribution is -2.01. The average molecular weight is 295 g/mol. The van der Waals surface area contributed by atoms with Crippen molar-refractivity contribution in [2.24, 2.45) is 0 Å². The predicted octanol–water partition coefficient (Wildman–Crippen LogP) is 2.08. The van der Waals surface area contributed by atoms with Crippen molar-refractivity contribution in [2.45, 2.75) is 6.43 Å². The number of halogens is 3. The van der Waals surface area contributed by atoms with Crippen molar-refractivity contribution >= 4 is 28.3 Å². The van der Waals surface area contributed by atoms with E-state index in [-0.39, 0.29) is 15.0 Å². The fourth-order valence-corrected chi connectivity index (χ4v) is 1.32. The Morgan fingerprint density at radius 2 is 2.23 bits per heavy atom. The van der Waals surface area contributed by atoms with Crippen molar-refractivity contribution < 1.29 is 8.78 Å². The lowest BCUT2D eigenvalue weighted by Gasteiger charge is -2.03. The van der Waals surface area contributed by atoms with Crippen molar-refractivity contribution in [3.05, 3.63) is 21.0 Å². The third kappa shape index (κ3) is 2.03. The van der Waals surface area contributed by atoms with Crippen molar-refractivity contribution in [1.29, 1.82) is 5.26 Å². The molecule has 0 radical (unpaired) electrons. The Labute approximate surface area is 86.7 Å². The van der Waals surface area contributed by atoms with E-state index in [1.165, 1.54) is 0 Å². The minimum atomic E-state index is -2.68. The molecule has 1 heterocycles. The fourth-order valence-electron chi connectivity index (χ4n) is 0.747. The summed E-state index contributed by atoms with van der Waals surface area (Å²) in [6, 6.07) is 2.73. The summed E-state index contributed by atoms with van der Waals surface area (Å²) in [6.45, 7) is 0. The summed E-state index contributed by atoms with van der Waals surface area (Å²) in [5.41, 5.74) is 5.19. The number of alkyl halides is 2. The Balaban J connectivity index is 3.32. The van der Waals surface area contributed by atoms with Crippen molar-refractivity contribution in [1.82, 2.24) is 4.98 Å². The summed E-state index contributed by atoms with van der Waals surface area (Å²) in [5, 5.41) is 8.54.